The van der Waals surface area contributed by atoms with Crippen LogP contribution in [0.1, 0.15) is 10.4 Å². The fourth-order valence-electron chi connectivity index (χ4n) is 2.77. The van der Waals surface area contributed by atoms with Crippen LogP contribution in [-0.2, 0) is 7.05 Å². The number of fused-ring (bicyclic) bond motifs is 1. The Balaban J connectivity index is 1.76. The number of ether oxygens (including phenoxy) is 1. The third-order valence-electron chi connectivity index (χ3n) is 4.00. The van der Waals surface area contributed by atoms with Gasteiger partial charge >= 0.3 is 0 Å². The monoisotopic (exact) mass is 348 g/mol. The number of methoxy groups -OCH3 is 1. The third-order valence-corrected chi connectivity index (χ3v) is 4.00. The summed E-state index contributed by atoms with van der Waals surface area (Å²) in [7, 11) is 3.42. The molecule has 1 N–H and O–H groups in total. The molecule has 0 atom stereocenters. The lowest BCUT2D eigenvalue weighted by atomic mass is 10.1. The van der Waals surface area contributed by atoms with Gasteiger partial charge in [-0.05, 0) is 18.2 Å². The average molecular weight is 348 g/mol. The van der Waals surface area contributed by atoms with Crippen molar-refractivity contribution in [3.05, 3.63) is 60.9 Å². The Bertz CT molecular complexity index is 1080. The summed E-state index contributed by atoms with van der Waals surface area (Å²) in [6.45, 7) is 0. The summed E-state index contributed by atoms with van der Waals surface area (Å²) in [5.74, 6) is 0.278. The first-order chi connectivity index (χ1) is 12.7. The second-order valence-electron chi connectivity index (χ2n) is 5.75. The first-order valence-electron chi connectivity index (χ1n) is 7.91. The molecule has 8 nitrogen and oxygen atoms in total. The van der Waals surface area contributed by atoms with E-state index in [1.807, 2.05) is 25.5 Å². The molecular formula is C18H16N6O2. The van der Waals surface area contributed by atoms with Crippen LogP contribution in [-0.4, -0.2) is 37.4 Å². The summed E-state index contributed by atoms with van der Waals surface area (Å²) in [5.41, 5.74) is 3.46. The van der Waals surface area contributed by atoms with E-state index in [0.717, 1.165) is 11.1 Å². The summed E-state index contributed by atoms with van der Waals surface area (Å²) in [4.78, 5) is 16.6. The fourth-order valence-corrected chi connectivity index (χ4v) is 2.77. The van der Waals surface area contributed by atoms with Crippen LogP contribution < -0.4 is 10.1 Å². The van der Waals surface area contributed by atoms with Crippen LogP contribution in [0.3, 0.4) is 0 Å². The van der Waals surface area contributed by atoms with Crippen molar-refractivity contribution >= 4 is 17.1 Å². The van der Waals surface area contributed by atoms with Crippen molar-refractivity contribution in [3.8, 4) is 16.9 Å². The molecule has 4 aromatic heterocycles. The van der Waals surface area contributed by atoms with Crippen LogP contribution in [0, 0.1) is 0 Å². The van der Waals surface area contributed by atoms with Gasteiger partial charge in [-0.1, -0.05) is 0 Å². The SMILES string of the molecule is COc1cc(-c2cnn(C)c2)cn2ncc(C(=O)Nc3cccnc3)c12. The molecular weight excluding hydrogens is 332 g/mol. The van der Waals surface area contributed by atoms with Crippen molar-refractivity contribution < 1.29 is 9.53 Å². The molecule has 0 radical (unpaired) electrons. The van der Waals surface area contributed by atoms with Crippen LogP contribution >= 0.6 is 0 Å². The Morgan fingerprint density at radius 1 is 1.15 bits per heavy atom. The number of anilines is 1. The molecule has 0 aliphatic heterocycles. The quantitative estimate of drug-likeness (QED) is 0.612. The number of nitrogens with zero attached hydrogens (tertiary/aromatic N) is 5. The highest BCUT2D eigenvalue weighted by molar-refractivity contribution is 6.09. The Hall–Kier alpha value is -3.68. The summed E-state index contributed by atoms with van der Waals surface area (Å²) in [6, 6.07) is 5.40. The number of hydrogen-bond donors (Lipinski definition) is 1. The maximum absolute atomic E-state index is 12.7. The molecule has 4 aromatic rings. The lowest BCUT2D eigenvalue weighted by molar-refractivity contribution is 0.102. The Morgan fingerprint density at radius 3 is 2.73 bits per heavy atom. The van der Waals surface area contributed by atoms with Gasteiger partial charge in [-0.3, -0.25) is 14.5 Å². The van der Waals surface area contributed by atoms with E-state index in [4.69, 9.17) is 4.74 Å². The Labute approximate surface area is 149 Å². The number of hydrogen-bond acceptors (Lipinski definition) is 5. The van der Waals surface area contributed by atoms with E-state index >= 15 is 0 Å². The lowest BCUT2D eigenvalue weighted by Gasteiger charge is -2.08. The maximum atomic E-state index is 12.7. The first-order valence-corrected chi connectivity index (χ1v) is 7.91. The molecule has 0 aromatic carbocycles. The van der Waals surface area contributed by atoms with Gasteiger partial charge in [0, 0.05) is 36.8 Å². The van der Waals surface area contributed by atoms with E-state index in [-0.39, 0.29) is 5.91 Å². The normalized spacial score (nSPS) is 10.8. The molecule has 26 heavy (non-hydrogen) atoms. The highest BCUT2D eigenvalue weighted by atomic mass is 16.5. The van der Waals surface area contributed by atoms with Crippen LogP contribution in [0.2, 0.25) is 0 Å². The zero-order valence-corrected chi connectivity index (χ0v) is 14.2. The summed E-state index contributed by atoms with van der Waals surface area (Å²) in [5, 5.41) is 11.3. The van der Waals surface area contributed by atoms with Crippen molar-refractivity contribution in [1.82, 2.24) is 24.4 Å². The van der Waals surface area contributed by atoms with Gasteiger partial charge in [-0.25, -0.2) is 4.52 Å². The molecule has 0 fully saturated rings. The second-order valence-corrected chi connectivity index (χ2v) is 5.75. The molecule has 0 aliphatic rings. The zero-order valence-electron chi connectivity index (χ0n) is 14.2. The number of pyridine rings is 2. The number of carbonyl (C=O) groups is 1. The molecule has 0 saturated carbocycles. The van der Waals surface area contributed by atoms with Crippen LogP contribution in [0.5, 0.6) is 5.75 Å². The van der Waals surface area contributed by atoms with Crippen molar-refractivity contribution in [2.45, 2.75) is 0 Å². The van der Waals surface area contributed by atoms with E-state index in [1.54, 1.807) is 47.0 Å². The highest BCUT2D eigenvalue weighted by Crippen LogP contribution is 2.30. The van der Waals surface area contributed by atoms with Gasteiger partial charge in [0.05, 0.1) is 37.0 Å². The van der Waals surface area contributed by atoms with E-state index in [0.29, 0.717) is 22.5 Å². The molecule has 8 heteroatoms. The smallest absolute Gasteiger partial charge is 0.259 e. The molecule has 4 heterocycles. The van der Waals surface area contributed by atoms with Gasteiger partial charge in [0.25, 0.3) is 5.91 Å². The van der Waals surface area contributed by atoms with E-state index in [9.17, 15) is 4.79 Å². The van der Waals surface area contributed by atoms with Gasteiger partial charge in [0.15, 0.2) is 0 Å². The average Bonchev–Trinajstić information content (AvgIpc) is 3.28. The number of rotatable bonds is 4. The molecule has 130 valence electrons. The largest absolute Gasteiger partial charge is 0.494 e. The first kappa shape index (κ1) is 15.8. The lowest BCUT2D eigenvalue weighted by Crippen LogP contribution is -2.12. The minimum absolute atomic E-state index is 0.277. The van der Waals surface area contributed by atoms with E-state index in [2.05, 4.69) is 20.5 Å². The van der Waals surface area contributed by atoms with Gasteiger partial charge in [0.2, 0.25) is 0 Å². The standard InChI is InChI=1S/C18H16N6O2/c1-23-10-13(7-20-23)12-6-16(26-2)17-15(9-21-24(17)11-12)18(25)22-14-4-3-5-19-8-14/h3-11H,1-2H3,(H,22,25). The Morgan fingerprint density at radius 2 is 2.04 bits per heavy atom. The molecule has 1 amide bonds. The second kappa shape index (κ2) is 6.32. The number of carbonyl (C=O) groups excluding carboxylic acids is 1. The third kappa shape index (κ3) is 2.77. The fraction of sp³-hybridized carbons (Fsp3) is 0.111. The molecule has 0 aliphatic carbocycles. The predicted octanol–water partition coefficient (Wildman–Crippen LogP) is 2.39. The maximum Gasteiger partial charge on any atom is 0.259 e. The van der Waals surface area contributed by atoms with Crippen LogP contribution in [0.15, 0.2) is 55.4 Å². The van der Waals surface area contributed by atoms with Crippen LogP contribution in [0.4, 0.5) is 5.69 Å². The molecule has 0 spiro atoms. The summed E-state index contributed by atoms with van der Waals surface area (Å²) >= 11 is 0. The number of aryl methyl sites for hydroxylation is 1. The van der Waals surface area contributed by atoms with Crippen molar-refractivity contribution in [3.63, 3.8) is 0 Å². The van der Waals surface area contributed by atoms with Crippen molar-refractivity contribution in [1.29, 1.82) is 0 Å². The molecule has 0 bridgehead atoms. The van der Waals surface area contributed by atoms with Crippen LogP contribution in [0.25, 0.3) is 16.6 Å². The van der Waals surface area contributed by atoms with Gasteiger partial charge in [-0.2, -0.15) is 10.2 Å². The molecule has 4 rings (SSSR count). The van der Waals surface area contributed by atoms with Crippen molar-refractivity contribution in [2.24, 2.45) is 7.05 Å². The highest BCUT2D eigenvalue weighted by Gasteiger charge is 2.18. The van der Waals surface area contributed by atoms with Gasteiger partial charge in [-0.15, -0.1) is 0 Å². The minimum atomic E-state index is -0.277. The Kier molecular flexibility index (Phi) is 3.85. The number of aromatic nitrogens is 5. The minimum Gasteiger partial charge on any atom is -0.494 e. The number of amides is 1. The molecule has 0 saturated heterocycles. The molecule has 0 unspecified atom stereocenters. The predicted molar refractivity (Wildman–Crippen MR) is 96.1 cm³/mol. The zero-order chi connectivity index (χ0) is 18.1. The van der Waals surface area contributed by atoms with Gasteiger partial charge in [0.1, 0.15) is 11.3 Å². The summed E-state index contributed by atoms with van der Waals surface area (Å²) < 4.78 is 8.88. The van der Waals surface area contributed by atoms with Gasteiger partial charge < -0.3 is 10.1 Å². The topological polar surface area (TPSA) is 86.3 Å². The number of nitrogens with one attached hydrogen (secondary N) is 1. The van der Waals surface area contributed by atoms with Crippen molar-refractivity contribution in [2.75, 3.05) is 12.4 Å². The van der Waals surface area contributed by atoms with E-state index < -0.39 is 0 Å². The van der Waals surface area contributed by atoms with E-state index in [1.165, 1.54) is 6.20 Å². The summed E-state index contributed by atoms with van der Waals surface area (Å²) in [6.07, 6.45) is 10.3.